The lowest BCUT2D eigenvalue weighted by atomic mass is 10.0. The number of hydrogen-bond acceptors (Lipinski definition) is 4. The summed E-state index contributed by atoms with van der Waals surface area (Å²) in [6, 6.07) is 9.85. The Balaban J connectivity index is 1.45. The van der Waals surface area contributed by atoms with Crippen LogP contribution in [0.4, 0.5) is 0 Å². The third-order valence-corrected chi connectivity index (χ3v) is 7.00. The van der Waals surface area contributed by atoms with E-state index in [9.17, 15) is 14.7 Å². The monoisotopic (exact) mass is 514 g/mol. The highest BCUT2D eigenvalue weighted by atomic mass is 16.5. The molecular weight excluding hydrogens is 464 g/mol. The van der Waals surface area contributed by atoms with Gasteiger partial charge in [0.05, 0.1) is 11.8 Å². The first-order valence-corrected chi connectivity index (χ1v) is 14.8. The van der Waals surface area contributed by atoms with Crippen molar-refractivity contribution in [3.8, 4) is 11.6 Å². The highest BCUT2D eigenvalue weighted by Crippen LogP contribution is 2.14. The number of hydrogen-bond donors (Lipinski definition) is 1. The van der Waals surface area contributed by atoms with Crippen LogP contribution in [0.1, 0.15) is 116 Å². The van der Waals surface area contributed by atoms with Crippen LogP contribution in [0.5, 0.6) is 5.88 Å². The number of unbranched alkanes of at least 4 members (excludes halogenated alkanes) is 15. The molecule has 0 unspecified atom stereocenters. The Morgan fingerprint density at radius 2 is 1.16 bits per heavy atom. The summed E-state index contributed by atoms with van der Waals surface area (Å²) >= 11 is 0. The van der Waals surface area contributed by atoms with Crippen LogP contribution in [0.15, 0.2) is 46.0 Å². The van der Waals surface area contributed by atoms with E-state index in [0.717, 1.165) is 23.7 Å². The third-order valence-electron chi connectivity index (χ3n) is 7.00. The number of aromatic nitrogens is 2. The molecule has 37 heavy (non-hydrogen) atoms. The predicted molar refractivity (Wildman–Crippen MR) is 153 cm³/mol. The summed E-state index contributed by atoms with van der Waals surface area (Å²) in [6.07, 6.45) is 22.2. The lowest BCUT2D eigenvalue weighted by Crippen LogP contribution is -2.38. The first-order valence-electron chi connectivity index (χ1n) is 14.8. The molecular formula is C31H50N2O4. The van der Waals surface area contributed by atoms with Crippen molar-refractivity contribution in [1.82, 2.24) is 9.13 Å². The van der Waals surface area contributed by atoms with Crippen LogP contribution in [-0.4, -0.2) is 27.5 Å². The second kappa shape index (κ2) is 19.7. The molecule has 0 bridgehead atoms. The van der Waals surface area contributed by atoms with E-state index in [0.29, 0.717) is 25.3 Å². The van der Waals surface area contributed by atoms with Crippen molar-refractivity contribution in [2.75, 3.05) is 13.2 Å². The van der Waals surface area contributed by atoms with Gasteiger partial charge >= 0.3 is 5.69 Å². The van der Waals surface area contributed by atoms with E-state index in [1.807, 2.05) is 6.07 Å². The Labute approximate surface area is 223 Å². The molecule has 1 N–H and O–H groups in total. The fraction of sp³-hybridized carbons (Fsp3) is 0.677. The molecule has 1 heterocycles. The largest absolute Gasteiger partial charge is 0.494 e. The topological polar surface area (TPSA) is 73.5 Å². The normalized spacial score (nSPS) is 11.3. The van der Waals surface area contributed by atoms with Gasteiger partial charge in [-0.05, 0) is 25.0 Å². The number of nitrogens with zero attached hydrogens (tertiary/aromatic N) is 2. The van der Waals surface area contributed by atoms with Crippen molar-refractivity contribution in [3.05, 3.63) is 57.2 Å². The van der Waals surface area contributed by atoms with Crippen molar-refractivity contribution in [2.24, 2.45) is 0 Å². The van der Waals surface area contributed by atoms with E-state index in [1.165, 1.54) is 101 Å². The van der Waals surface area contributed by atoms with Crippen LogP contribution in [0, 0.1) is 0 Å². The van der Waals surface area contributed by atoms with Gasteiger partial charge in [0.25, 0.3) is 5.56 Å². The maximum atomic E-state index is 12.8. The van der Waals surface area contributed by atoms with E-state index in [-0.39, 0.29) is 5.88 Å². The average Bonchev–Trinajstić information content (AvgIpc) is 2.89. The quantitative estimate of drug-likeness (QED) is 0.166. The Bertz CT molecular complexity index is 952. The molecule has 0 saturated heterocycles. The van der Waals surface area contributed by atoms with Gasteiger partial charge in [0.1, 0.15) is 0 Å². The highest BCUT2D eigenvalue weighted by Gasteiger charge is 2.12. The minimum Gasteiger partial charge on any atom is -0.494 e. The number of para-hydroxylation sites is 1. The van der Waals surface area contributed by atoms with Gasteiger partial charge in [-0.25, -0.2) is 9.36 Å². The molecule has 0 atom stereocenters. The van der Waals surface area contributed by atoms with Gasteiger partial charge in [-0.1, -0.05) is 121 Å². The van der Waals surface area contributed by atoms with E-state index < -0.39 is 11.2 Å². The predicted octanol–water partition coefficient (Wildman–Crippen LogP) is 7.37. The molecule has 0 radical (unpaired) electrons. The Hall–Kier alpha value is -2.34. The van der Waals surface area contributed by atoms with Crippen molar-refractivity contribution in [3.63, 3.8) is 0 Å². The maximum Gasteiger partial charge on any atom is 0.338 e. The zero-order valence-corrected chi connectivity index (χ0v) is 23.2. The van der Waals surface area contributed by atoms with Gasteiger partial charge in [-0.2, -0.15) is 0 Å². The molecule has 0 aliphatic rings. The van der Waals surface area contributed by atoms with Gasteiger partial charge in [0, 0.05) is 19.8 Å². The molecule has 6 heteroatoms. The molecule has 0 spiro atoms. The van der Waals surface area contributed by atoms with Gasteiger partial charge in [-0.15, -0.1) is 0 Å². The van der Waals surface area contributed by atoms with Crippen molar-refractivity contribution in [2.45, 2.75) is 123 Å². The van der Waals surface area contributed by atoms with E-state index in [1.54, 1.807) is 24.3 Å². The van der Waals surface area contributed by atoms with Crippen LogP contribution < -0.4 is 11.2 Å². The standard InChI is InChI=1S/C31H50N2O4/c1-2-3-4-5-6-7-8-9-10-11-12-13-14-15-16-20-25-37-26-21-24-32-29(34)27-30(35)33(31(32)36)28-22-18-17-19-23-28/h17-19,22-23,27,34H,2-16,20-21,24-26H2,1H3. The number of benzene rings is 1. The first kappa shape index (κ1) is 30.9. The zero-order chi connectivity index (χ0) is 26.6. The Morgan fingerprint density at radius 3 is 1.70 bits per heavy atom. The molecule has 0 amide bonds. The van der Waals surface area contributed by atoms with Gasteiger partial charge in [-0.3, -0.25) is 9.36 Å². The summed E-state index contributed by atoms with van der Waals surface area (Å²) in [5, 5.41) is 10.1. The summed E-state index contributed by atoms with van der Waals surface area (Å²) < 4.78 is 8.04. The highest BCUT2D eigenvalue weighted by molar-refractivity contribution is 5.31. The first-order chi connectivity index (χ1) is 18.1. The van der Waals surface area contributed by atoms with Gasteiger partial charge in [0.15, 0.2) is 0 Å². The second-order valence-corrected chi connectivity index (χ2v) is 10.2. The molecule has 2 rings (SSSR count). The van der Waals surface area contributed by atoms with E-state index in [4.69, 9.17) is 4.74 Å². The van der Waals surface area contributed by atoms with Crippen LogP contribution in [-0.2, 0) is 11.3 Å². The third kappa shape index (κ3) is 12.6. The maximum absolute atomic E-state index is 12.8. The second-order valence-electron chi connectivity index (χ2n) is 10.2. The summed E-state index contributed by atoms with van der Waals surface area (Å²) in [5.41, 5.74) is -0.579. The van der Waals surface area contributed by atoms with E-state index >= 15 is 0 Å². The van der Waals surface area contributed by atoms with Crippen molar-refractivity contribution in [1.29, 1.82) is 0 Å². The number of rotatable bonds is 22. The minimum absolute atomic E-state index is 0.302. The molecule has 0 aliphatic carbocycles. The van der Waals surface area contributed by atoms with Crippen LogP contribution in [0.3, 0.4) is 0 Å². The summed E-state index contributed by atoms with van der Waals surface area (Å²) in [6.45, 7) is 3.83. The van der Waals surface area contributed by atoms with Crippen LogP contribution in [0.25, 0.3) is 5.69 Å². The molecule has 1 aromatic carbocycles. The van der Waals surface area contributed by atoms with Gasteiger partial charge < -0.3 is 9.84 Å². The molecule has 0 aliphatic heterocycles. The van der Waals surface area contributed by atoms with Crippen molar-refractivity contribution >= 4 is 0 Å². The lowest BCUT2D eigenvalue weighted by Gasteiger charge is -2.12. The molecule has 6 nitrogen and oxygen atoms in total. The van der Waals surface area contributed by atoms with E-state index in [2.05, 4.69) is 6.92 Å². The van der Waals surface area contributed by atoms with Crippen LogP contribution in [0.2, 0.25) is 0 Å². The summed E-state index contributed by atoms with van der Waals surface area (Å²) in [5.74, 6) is -0.306. The number of ether oxygens (including phenoxy) is 1. The fourth-order valence-corrected chi connectivity index (χ4v) is 4.77. The SMILES string of the molecule is CCCCCCCCCCCCCCCCCCOCCCn1c(O)cc(=O)n(-c2ccccc2)c1=O. The molecule has 0 saturated carbocycles. The molecule has 208 valence electrons. The lowest BCUT2D eigenvalue weighted by molar-refractivity contribution is 0.123. The Kier molecular flexibility index (Phi) is 16.5. The number of aromatic hydroxyl groups is 1. The fourth-order valence-electron chi connectivity index (χ4n) is 4.77. The summed E-state index contributed by atoms with van der Waals surface area (Å²) in [7, 11) is 0. The molecule has 1 aromatic heterocycles. The summed E-state index contributed by atoms with van der Waals surface area (Å²) in [4.78, 5) is 25.0. The van der Waals surface area contributed by atoms with Gasteiger partial charge in [0.2, 0.25) is 5.88 Å². The Morgan fingerprint density at radius 1 is 0.676 bits per heavy atom. The molecule has 2 aromatic rings. The minimum atomic E-state index is -0.537. The zero-order valence-electron chi connectivity index (χ0n) is 23.2. The smallest absolute Gasteiger partial charge is 0.338 e. The van der Waals surface area contributed by atoms with Crippen molar-refractivity contribution < 1.29 is 9.84 Å². The van der Waals surface area contributed by atoms with Crippen LogP contribution >= 0.6 is 0 Å². The molecule has 0 fully saturated rings. The average molecular weight is 515 g/mol.